The molecule has 3 unspecified atom stereocenters. The summed E-state index contributed by atoms with van der Waals surface area (Å²) in [6.07, 6.45) is 4.02. The molecule has 23 heteroatoms. The highest BCUT2D eigenvalue weighted by Gasteiger charge is 2.49. The van der Waals surface area contributed by atoms with Gasteiger partial charge in [0.05, 0.1) is 62.9 Å². The second-order valence-electron chi connectivity index (χ2n) is 19.4. The fraction of sp³-hybridized carbons (Fsp3) is 0.207. The lowest BCUT2D eigenvalue weighted by molar-refractivity contribution is -0.138. The molecule has 23 nitrogen and oxygen atoms in total. The van der Waals surface area contributed by atoms with Crippen molar-refractivity contribution >= 4 is 93.8 Å². The van der Waals surface area contributed by atoms with E-state index in [4.69, 9.17) is 0 Å². The number of aromatic hydroxyl groups is 1. The van der Waals surface area contributed by atoms with Crippen molar-refractivity contribution in [3.8, 4) is 5.75 Å². The molecule has 0 bridgehead atoms. The van der Waals surface area contributed by atoms with Crippen molar-refractivity contribution in [2.24, 2.45) is 11.8 Å². The Hall–Kier alpha value is -10.6. The molecule has 4 N–H and O–H groups in total. The Balaban J connectivity index is 0.000000122. The first-order valence-electron chi connectivity index (χ1n) is 25.3. The molecule has 7 heterocycles. The van der Waals surface area contributed by atoms with Crippen LogP contribution in [0.15, 0.2) is 115 Å². The number of carbonyl (C=O) groups excluding carboxylic acids is 15. The number of piperidine rings is 2. The van der Waals surface area contributed by atoms with Gasteiger partial charge in [0.1, 0.15) is 17.6 Å². The Morgan fingerprint density at radius 2 is 0.988 bits per heavy atom. The summed E-state index contributed by atoms with van der Waals surface area (Å²) in [6, 6.07) is 25.1. The third kappa shape index (κ3) is 9.80. The second kappa shape index (κ2) is 21.7. The van der Waals surface area contributed by atoms with Crippen molar-refractivity contribution in [2.45, 2.75) is 51.0 Å². The number of hydrogen-bond acceptors (Lipinski definition) is 17. The topological polar surface area (TPSA) is 335 Å². The van der Waals surface area contributed by atoms with Crippen LogP contribution in [0.2, 0.25) is 0 Å². The molecule has 406 valence electrons. The number of benzene rings is 4. The summed E-state index contributed by atoms with van der Waals surface area (Å²) in [6.45, 7) is -0.0321. The lowest BCUT2D eigenvalue weighted by Crippen LogP contribution is -2.54. The number of phenolic OH excluding ortho intramolecular Hbond substituents is 1. The molecule has 13 rings (SSSR count). The van der Waals surface area contributed by atoms with E-state index >= 15 is 0 Å². The van der Waals surface area contributed by atoms with E-state index in [2.05, 4.69) is 20.9 Å². The van der Waals surface area contributed by atoms with Gasteiger partial charge in [-0.25, -0.2) is 0 Å². The van der Waals surface area contributed by atoms with Gasteiger partial charge in [0, 0.05) is 67.0 Å². The molecule has 11 amide bonds. The molecule has 4 aromatic carbocycles. The lowest BCUT2D eigenvalue weighted by Gasteiger charge is -2.27. The van der Waals surface area contributed by atoms with Gasteiger partial charge in [-0.05, 0) is 61.7 Å². The Bertz CT molecular complexity index is 3610. The number of carbonyl (C=O) groups is 15. The highest BCUT2D eigenvalue weighted by Crippen LogP contribution is 2.39. The van der Waals surface area contributed by atoms with Gasteiger partial charge in [-0.15, -0.1) is 0 Å². The molecule has 8 aliphatic rings. The Kier molecular flexibility index (Phi) is 14.4. The van der Waals surface area contributed by atoms with Crippen molar-refractivity contribution in [2.75, 3.05) is 13.1 Å². The van der Waals surface area contributed by atoms with Gasteiger partial charge in [-0.2, -0.15) is 0 Å². The first-order chi connectivity index (χ1) is 38.9. The van der Waals surface area contributed by atoms with Crippen LogP contribution in [0.5, 0.6) is 5.75 Å². The van der Waals surface area contributed by atoms with Crippen LogP contribution in [-0.2, 0) is 28.8 Å². The molecule has 2 aliphatic carbocycles. The molecule has 3 atom stereocenters. The van der Waals surface area contributed by atoms with Gasteiger partial charge < -0.3 is 10.4 Å². The van der Waals surface area contributed by atoms with E-state index in [1.165, 1.54) is 36.7 Å². The second-order valence-corrected chi connectivity index (χ2v) is 19.4. The minimum absolute atomic E-state index is 0.0161. The number of phenols is 1. The van der Waals surface area contributed by atoms with E-state index < -0.39 is 82.6 Å². The minimum Gasteiger partial charge on any atom is -0.507 e. The van der Waals surface area contributed by atoms with Gasteiger partial charge in [0.25, 0.3) is 41.4 Å². The summed E-state index contributed by atoms with van der Waals surface area (Å²) in [4.78, 5) is 186. The normalized spacial score (nSPS) is 21.5. The number of amides is 11. The van der Waals surface area contributed by atoms with Crippen LogP contribution in [0.4, 0.5) is 0 Å². The van der Waals surface area contributed by atoms with Crippen LogP contribution < -0.4 is 16.0 Å². The molecule has 81 heavy (non-hydrogen) atoms. The number of imide groups is 5. The molecule has 1 saturated carbocycles. The molecule has 6 aliphatic heterocycles. The van der Waals surface area contributed by atoms with Gasteiger partial charge >= 0.3 is 0 Å². The number of pyridine rings is 1. The maximum absolute atomic E-state index is 12.3. The molecular weight excluding hydrogens is 1050 g/mol. The smallest absolute Gasteiger partial charge is 0.263 e. The summed E-state index contributed by atoms with van der Waals surface area (Å²) in [5, 5.41) is 16.7. The zero-order valence-corrected chi connectivity index (χ0v) is 42.3. The van der Waals surface area contributed by atoms with Gasteiger partial charge in [-0.1, -0.05) is 54.6 Å². The van der Waals surface area contributed by atoms with Crippen molar-refractivity contribution in [1.82, 2.24) is 35.6 Å². The van der Waals surface area contributed by atoms with Crippen LogP contribution in [-0.4, -0.2) is 132 Å². The predicted octanol–water partition coefficient (Wildman–Crippen LogP) is 2.97. The monoisotopic (exact) mass is 1090 g/mol. The largest absolute Gasteiger partial charge is 0.507 e. The van der Waals surface area contributed by atoms with E-state index in [0.717, 1.165) is 20.3 Å². The number of Topliss-reactive ketones (excluding diaryl/α,β-unsaturated/α-hetero) is 4. The van der Waals surface area contributed by atoms with E-state index in [-0.39, 0.29) is 96.6 Å². The van der Waals surface area contributed by atoms with E-state index in [0.29, 0.717) is 51.9 Å². The molecule has 2 saturated heterocycles. The van der Waals surface area contributed by atoms with E-state index in [1.807, 2.05) is 12.1 Å². The number of fused-ring (bicyclic) bond motifs is 5. The van der Waals surface area contributed by atoms with Crippen molar-refractivity contribution in [3.05, 3.63) is 171 Å². The molecule has 3 fully saturated rings. The predicted molar refractivity (Wildman–Crippen MR) is 275 cm³/mol. The Labute approximate surface area is 457 Å². The maximum atomic E-state index is 12.3. The van der Waals surface area contributed by atoms with Crippen LogP contribution in [0.25, 0.3) is 5.70 Å². The molecule has 1 aromatic heterocycles. The molecule has 0 radical (unpaired) electrons. The minimum atomic E-state index is -1.13. The highest BCUT2D eigenvalue weighted by atomic mass is 16.3. The number of nitrogens with one attached hydrogen (secondary N) is 3. The van der Waals surface area contributed by atoms with Crippen LogP contribution in [0.3, 0.4) is 0 Å². The molecule has 5 aromatic rings. The lowest BCUT2D eigenvalue weighted by atomic mass is 9.82. The number of ketones is 4. The van der Waals surface area contributed by atoms with E-state index in [9.17, 15) is 77.0 Å². The van der Waals surface area contributed by atoms with E-state index in [1.54, 1.807) is 60.7 Å². The zero-order chi connectivity index (χ0) is 57.6. The number of hydrogen-bond donors (Lipinski definition) is 4. The first-order valence-corrected chi connectivity index (χ1v) is 25.3. The van der Waals surface area contributed by atoms with Gasteiger partial charge in [-0.3, -0.25) is 102 Å². The van der Waals surface area contributed by atoms with Crippen LogP contribution in [0, 0.1) is 11.8 Å². The quantitative estimate of drug-likeness (QED) is 0.112. The summed E-state index contributed by atoms with van der Waals surface area (Å²) < 4.78 is 0. The third-order valence-corrected chi connectivity index (χ3v) is 14.7. The summed E-state index contributed by atoms with van der Waals surface area (Å²) >= 11 is 0. The van der Waals surface area contributed by atoms with Crippen LogP contribution >= 0.6 is 0 Å². The number of aromatic nitrogens is 1. The van der Waals surface area contributed by atoms with Crippen LogP contribution in [0.1, 0.15) is 144 Å². The fourth-order valence-corrected chi connectivity index (χ4v) is 10.7. The molecular formula is C58H43N7O16. The third-order valence-electron chi connectivity index (χ3n) is 14.7. The van der Waals surface area contributed by atoms with Crippen molar-refractivity contribution in [1.29, 1.82) is 0 Å². The summed E-state index contributed by atoms with van der Waals surface area (Å²) in [7, 11) is 0. The highest BCUT2D eigenvalue weighted by molar-refractivity contribution is 6.29. The number of allylic oxidation sites excluding steroid dienone is 1. The Morgan fingerprint density at radius 3 is 1.52 bits per heavy atom. The maximum Gasteiger partial charge on any atom is 0.263 e. The summed E-state index contributed by atoms with van der Waals surface area (Å²) in [5.74, 6) is -8.26. The Morgan fingerprint density at radius 1 is 0.481 bits per heavy atom. The number of nitrogens with zero attached hydrogens (tertiary/aromatic N) is 4. The summed E-state index contributed by atoms with van der Waals surface area (Å²) in [5.41, 5.74) is 4.48. The number of rotatable bonds is 5. The van der Waals surface area contributed by atoms with Crippen molar-refractivity contribution < 1.29 is 77.0 Å². The average Bonchev–Trinajstić information content (AvgIpc) is 4.30. The zero-order valence-electron chi connectivity index (χ0n) is 42.3. The average molecular weight is 1090 g/mol. The molecule has 0 spiro atoms. The SMILES string of the molecule is O=C1CC/C(=C2/NC(=O)c3ccccc32)C(=O)C1.O=C1CCC(C2C(=O)c3cccc(O)c3C2=O)C(=O)N1.O=C1CCC(N2C(=O)c3ccncc3C2=O)C(=O)N1.O=C1c2ccccc2C(=O)N1CCN1C(=O)c2ccccc2C1=O. The van der Waals surface area contributed by atoms with Crippen molar-refractivity contribution in [3.63, 3.8) is 0 Å². The first kappa shape index (κ1) is 53.8. The standard InChI is InChI=1S/C18H12N2O4.C14H11NO5.C14H11NO3.C12H9N3O4/c21-15-11-5-1-2-6-12(11)16(22)19(15)9-10-20-17(23)13-7-3-4-8-14(13)18(20)24;16-8-3-1-2-6-10(8)13(19)11(12(6)18)7-4-5-9(17)15-14(7)20;16-8-5-6-11(12(17)7-8)13-9-3-1-2-4-10(9)14(18)15-13;16-9-2-1-8(10(17)14-9)15-11(18)6-3-4-13-5-7(6)12(15)19/h1-8H,9-10H2;1-3,7,11,16H,4-5H2,(H,15,17,20);1-4H,5-7H2,(H,15,18);3-5,8H,1-2H2,(H,14,16,17)/b;;13-11-;. The fourth-order valence-electron chi connectivity index (χ4n) is 10.7. The van der Waals surface area contributed by atoms with Gasteiger partial charge in [0.2, 0.25) is 23.6 Å². The van der Waals surface area contributed by atoms with Gasteiger partial charge in [0.15, 0.2) is 17.3 Å².